The van der Waals surface area contributed by atoms with E-state index in [2.05, 4.69) is 5.32 Å². The van der Waals surface area contributed by atoms with Gasteiger partial charge in [0.25, 0.3) is 5.69 Å². The highest BCUT2D eigenvalue weighted by molar-refractivity contribution is 5.75. The van der Waals surface area contributed by atoms with E-state index in [1.807, 2.05) is 0 Å². The number of nitrogens with zero attached hydrogens (tertiary/aromatic N) is 2. The zero-order valence-electron chi connectivity index (χ0n) is 11.2. The first-order valence-corrected chi connectivity index (χ1v) is 6.00. The third-order valence-electron chi connectivity index (χ3n) is 3.29. The molecule has 7 nitrogen and oxygen atoms in total. The fraction of sp³-hybridized carbons (Fsp3) is 0.385. The summed E-state index contributed by atoms with van der Waals surface area (Å²) in [7, 11) is 0. The number of anilines is 1. The fourth-order valence-corrected chi connectivity index (χ4v) is 1.54. The van der Waals surface area contributed by atoms with Crippen LogP contribution in [0.5, 0.6) is 0 Å². The highest BCUT2D eigenvalue weighted by Crippen LogP contribution is 2.25. The molecule has 0 fully saturated rings. The minimum atomic E-state index is -0.936. The van der Waals surface area contributed by atoms with Crippen molar-refractivity contribution < 1.29 is 14.8 Å². The average Bonchev–Trinajstić information content (AvgIpc) is 2.43. The van der Waals surface area contributed by atoms with Crippen molar-refractivity contribution in [1.29, 1.82) is 5.26 Å². The first-order valence-electron chi connectivity index (χ1n) is 6.00. The van der Waals surface area contributed by atoms with Crippen LogP contribution >= 0.6 is 0 Å². The minimum Gasteiger partial charge on any atom is -0.481 e. The highest BCUT2D eigenvalue weighted by Gasteiger charge is 2.30. The number of nitriles is 1. The summed E-state index contributed by atoms with van der Waals surface area (Å²) in [5.74, 6) is -0.921. The lowest BCUT2D eigenvalue weighted by molar-refractivity contribution is -0.385. The summed E-state index contributed by atoms with van der Waals surface area (Å²) >= 11 is 0. The van der Waals surface area contributed by atoms with Gasteiger partial charge in [-0.15, -0.1) is 0 Å². The number of carbonyl (C=O) groups is 1. The van der Waals surface area contributed by atoms with Gasteiger partial charge < -0.3 is 10.4 Å². The normalized spacial score (nSPS) is 13.1. The van der Waals surface area contributed by atoms with Crippen LogP contribution in [0.2, 0.25) is 0 Å². The van der Waals surface area contributed by atoms with Gasteiger partial charge in [0, 0.05) is 18.3 Å². The number of hydrogen-bond donors (Lipinski definition) is 2. The Hall–Kier alpha value is -2.62. The Balaban J connectivity index is 2.93. The number of hydrogen-bond acceptors (Lipinski definition) is 5. The number of carboxylic acids is 1. The lowest BCUT2D eigenvalue weighted by Crippen LogP contribution is -2.34. The van der Waals surface area contributed by atoms with Crippen LogP contribution in [0.25, 0.3) is 0 Å². The van der Waals surface area contributed by atoms with Crippen molar-refractivity contribution in [2.75, 3.05) is 11.9 Å². The van der Waals surface area contributed by atoms with Crippen molar-refractivity contribution >= 4 is 17.3 Å². The molecule has 0 heterocycles. The van der Waals surface area contributed by atoms with Gasteiger partial charge in [-0.2, -0.15) is 5.26 Å². The second-order valence-electron chi connectivity index (χ2n) is 4.67. The van der Waals surface area contributed by atoms with E-state index in [4.69, 9.17) is 10.4 Å². The molecular formula is C13H15N3O4. The van der Waals surface area contributed by atoms with Gasteiger partial charge in [0.05, 0.1) is 10.3 Å². The fourth-order valence-electron chi connectivity index (χ4n) is 1.54. The largest absolute Gasteiger partial charge is 0.481 e. The Bertz CT molecular complexity index is 579. The zero-order valence-corrected chi connectivity index (χ0v) is 11.2. The molecule has 7 heteroatoms. The quantitative estimate of drug-likeness (QED) is 0.609. The Morgan fingerprint density at radius 1 is 1.60 bits per heavy atom. The maximum Gasteiger partial charge on any atom is 0.311 e. The molecule has 0 saturated carbocycles. The summed E-state index contributed by atoms with van der Waals surface area (Å²) in [4.78, 5) is 21.2. The van der Waals surface area contributed by atoms with Crippen LogP contribution < -0.4 is 5.32 Å². The molecule has 0 amide bonds. The molecular weight excluding hydrogens is 262 g/mol. The van der Waals surface area contributed by atoms with E-state index in [9.17, 15) is 14.9 Å². The highest BCUT2D eigenvalue weighted by atomic mass is 16.6. The lowest BCUT2D eigenvalue weighted by atomic mass is 9.87. The van der Waals surface area contributed by atoms with Gasteiger partial charge in [-0.3, -0.25) is 14.9 Å². The minimum absolute atomic E-state index is 0.0615. The number of rotatable bonds is 6. The molecule has 0 aliphatic heterocycles. The molecule has 0 aliphatic rings. The summed E-state index contributed by atoms with van der Waals surface area (Å²) in [6.07, 6.45) is 0.438. The van der Waals surface area contributed by atoms with E-state index in [1.54, 1.807) is 19.9 Å². The van der Waals surface area contributed by atoms with Crippen molar-refractivity contribution in [1.82, 2.24) is 0 Å². The number of aliphatic carboxylic acids is 1. The first kappa shape index (κ1) is 15.4. The van der Waals surface area contributed by atoms with E-state index in [0.717, 1.165) is 0 Å². The van der Waals surface area contributed by atoms with Gasteiger partial charge in [-0.1, -0.05) is 6.92 Å². The zero-order chi connectivity index (χ0) is 15.3. The Morgan fingerprint density at radius 2 is 2.25 bits per heavy atom. The van der Waals surface area contributed by atoms with E-state index in [1.165, 1.54) is 18.2 Å². The van der Waals surface area contributed by atoms with Gasteiger partial charge in [0.2, 0.25) is 0 Å². The molecule has 1 rings (SSSR count). The van der Waals surface area contributed by atoms with Crippen molar-refractivity contribution in [2.24, 2.45) is 5.41 Å². The first-order chi connectivity index (χ1) is 9.34. The van der Waals surface area contributed by atoms with Crippen molar-refractivity contribution in [3.8, 4) is 6.07 Å². The Labute approximate surface area is 116 Å². The van der Waals surface area contributed by atoms with Crippen LogP contribution in [0, 0.1) is 26.9 Å². The summed E-state index contributed by atoms with van der Waals surface area (Å²) in [5.41, 5.74) is -0.787. The molecule has 1 aromatic rings. The van der Waals surface area contributed by atoms with Crippen molar-refractivity contribution in [2.45, 2.75) is 20.3 Å². The number of nitrogens with one attached hydrogen (secondary N) is 1. The van der Waals surface area contributed by atoms with E-state index in [0.29, 0.717) is 12.1 Å². The predicted molar refractivity (Wildman–Crippen MR) is 72.3 cm³/mol. The van der Waals surface area contributed by atoms with Crippen LogP contribution in [-0.4, -0.2) is 22.5 Å². The van der Waals surface area contributed by atoms with E-state index < -0.39 is 16.3 Å². The molecule has 0 radical (unpaired) electrons. The van der Waals surface area contributed by atoms with E-state index >= 15 is 0 Å². The molecule has 20 heavy (non-hydrogen) atoms. The smallest absolute Gasteiger partial charge is 0.311 e. The summed E-state index contributed by atoms with van der Waals surface area (Å²) < 4.78 is 0. The molecule has 1 unspecified atom stereocenters. The van der Waals surface area contributed by atoms with E-state index in [-0.39, 0.29) is 17.8 Å². The van der Waals surface area contributed by atoms with Gasteiger partial charge in [0.15, 0.2) is 0 Å². The molecule has 1 atom stereocenters. The summed E-state index contributed by atoms with van der Waals surface area (Å²) in [6, 6.07) is 5.78. The standard InChI is InChI=1S/C13H15N3O4/c1-3-13(2,12(17)18)8-15-10-4-5-11(16(19)20)9(6-10)7-14/h4-6,15H,3,8H2,1-2H3,(H,17,18). The van der Waals surface area contributed by atoms with Crippen molar-refractivity contribution in [3.63, 3.8) is 0 Å². The lowest BCUT2D eigenvalue weighted by Gasteiger charge is -2.23. The Kier molecular flexibility index (Phi) is 4.64. The van der Waals surface area contributed by atoms with Gasteiger partial charge >= 0.3 is 5.97 Å². The van der Waals surface area contributed by atoms with Crippen molar-refractivity contribution in [3.05, 3.63) is 33.9 Å². The number of benzene rings is 1. The maximum absolute atomic E-state index is 11.2. The topological polar surface area (TPSA) is 116 Å². The molecule has 0 aliphatic carbocycles. The van der Waals surface area contributed by atoms with Gasteiger partial charge in [-0.05, 0) is 25.5 Å². The third kappa shape index (κ3) is 3.23. The molecule has 1 aromatic carbocycles. The molecule has 106 valence electrons. The average molecular weight is 277 g/mol. The second kappa shape index (κ2) is 6.02. The summed E-state index contributed by atoms with van der Waals surface area (Å²) in [6.45, 7) is 3.55. The molecule has 0 spiro atoms. The molecule has 0 saturated heterocycles. The third-order valence-corrected chi connectivity index (χ3v) is 3.29. The monoisotopic (exact) mass is 277 g/mol. The van der Waals surface area contributed by atoms with Crippen LogP contribution in [0.4, 0.5) is 11.4 Å². The number of carboxylic acid groups (broad SMARTS) is 1. The Morgan fingerprint density at radius 3 is 2.70 bits per heavy atom. The summed E-state index contributed by atoms with van der Waals surface area (Å²) in [5, 5.41) is 31.6. The number of nitro benzene ring substituents is 1. The van der Waals surface area contributed by atoms with Crippen LogP contribution in [-0.2, 0) is 4.79 Å². The van der Waals surface area contributed by atoms with Gasteiger partial charge in [0.1, 0.15) is 11.6 Å². The maximum atomic E-state index is 11.2. The predicted octanol–water partition coefficient (Wildman–Crippen LogP) is 2.38. The molecule has 0 aromatic heterocycles. The SMILES string of the molecule is CCC(C)(CNc1ccc([N+](=O)[O-])c(C#N)c1)C(=O)O. The van der Waals surface area contributed by atoms with Crippen LogP contribution in [0.3, 0.4) is 0 Å². The number of nitro groups is 1. The molecule has 0 bridgehead atoms. The van der Waals surface area contributed by atoms with Crippen LogP contribution in [0.15, 0.2) is 18.2 Å². The molecule has 2 N–H and O–H groups in total. The van der Waals surface area contributed by atoms with Gasteiger partial charge in [-0.25, -0.2) is 0 Å². The second-order valence-corrected chi connectivity index (χ2v) is 4.67. The van der Waals surface area contributed by atoms with Crippen LogP contribution in [0.1, 0.15) is 25.8 Å².